The lowest BCUT2D eigenvalue weighted by Crippen LogP contribution is -2.45. The van der Waals surface area contributed by atoms with E-state index in [1.165, 1.54) is 0 Å². The summed E-state index contributed by atoms with van der Waals surface area (Å²) in [5.41, 5.74) is 0. The van der Waals surface area contributed by atoms with E-state index in [9.17, 15) is 18.0 Å². The highest BCUT2D eigenvalue weighted by atomic mass is 32.2. The van der Waals surface area contributed by atoms with E-state index >= 15 is 0 Å². The molecular formula is C11H18N2O4S. The van der Waals surface area contributed by atoms with Gasteiger partial charge in [0.25, 0.3) is 0 Å². The number of hydrogen-bond donors (Lipinski definition) is 2. The Morgan fingerprint density at radius 1 is 1.50 bits per heavy atom. The first kappa shape index (κ1) is 14.7. The molecule has 2 N–H and O–H groups in total. The van der Waals surface area contributed by atoms with Crippen LogP contribution >= 0.6 is 0 Å². The Bertz CT molecular complexity index is 444. The van der Waals surface area contributed by atoms with E-state index in [2.05, 4.69) is 17.2 Å². The average molecular weight is 274 g/mol. The van der Waals surface area contributed by atoms with Crippen LogP contribution in [0.3, 0.4) is 0 Å². The Labute approximate surface area is 107 Å². The van der Waals surface area contributed by atoms with E-state index in [1.807, 2.05) is 0 Å². The number of rotatable bonds is 5. The second-order valence-electron chi connectivity index (χ2n) is 4.45. The molecule has 0 radical (unpaired) electrons. The molecule has 18 heavy (non-hydrogen) atoms. The van der Waals surface area contributed by atoms with Crippen molar-refractivity contribution in [2.75, 3.05) is 18.1 Å². The predicted octanol–water partition coefficient (Wildman–Crippen LogP) is -0.772. The average Bonchev–Trinajstić information content (AvgIpc) is 2.65. The fourth-order valence-corrected chi connectivity index (χ4v) is 3.63. The molecule has 1 aliphatic rings. The van der Waals surface area contributed by atoms with Crippen LogP contribution in [0.25, 0.3) is 0 Å². The summed E-state index contributed by atoms with van der Waals surface area (Å²) in [6, 6.07) is -0.659. The first-order chi connectivity index (χ1) is 8.34. The fraction of sp³-hybridized carbons (Fsp3) is 0.636. The lowest BCUT2D eigenvalue weighted by molar-refractivity contribution is -0.126. The van der Waals surface area contributed by atoms with E-state index < -0.39 is 21.8 Å². The van der Waals surface area contributed by atoms with Gasteiger partial charge in [-0.25, -0.2) is 8.42 Å². The molecule has 1 heterocycles. The summed E-state index contributed by atoms with van der Waals surface area (Å²) in [7, 11) is -2.92. The largest absolute Gasteiger partial charge is 0.354 e. The van der Waals surface area contributed by atoms with E-state index in [0.717, 1.165) is 6.08 Å². The molecule has 0 unspecified atom stereocenters. The van der Waals surface area contributed by atoms with Crippen LogP contribution in [-0.4, -0.2) is 44.3 Å². The normalized spacial score (nSPS) is 23.1. The molecule has 0 saturated carbocycles. The molecular weight excluding hydrogens is 256 g/mol. The van der Waals surface area contributed by atoms with E-state index in [0.29, 0.717) is 13.0 Å². The molecule has 6 nitrogen and oxygen atoms in total. The van der Waals surface area contributed by atoms with Crippen molar-refractivity contribution in [1.29, 1.82) is 0 Å². The van der Waals surface area contributed by atoms with Crippen molar-refractivity contribution in [2.45, 2.75) is 19.4 Å². The molecule has 0 bridgehead atoms. The highest BCUT2D eigenvalue weighted by Gasteiger charge is 2.28. The van der Waals surface area contributed by atoms with Crippen molar-refractivity contribution in [1.82, 2.24) is 10.6 Å². The van der Waals surface area contributed by atoms with Crippen molar-refractivity contribution >= 4 is 21.7 Å². The monoisotopic (exact) mass is 274 g/mol. The van der Waals surface area contributed by atoms with Gasteiger partial charge in [0, 0.05) is 6.54 Å². The standard InChI is InChI=1S/C11H18N2O4S/c1-3-10(14)13-8(2)11(15)12-6-9-4-5-18(16,17)7-9/h3,8-9H,1,4-7H2,2H3,(H,12,15)(H,13,14)/t8-,9-/m1/s1. The van der Waals surface area contributed by atoms with Gasteiger partial charge in [0.2, 0.25) is 11.8 Å². The molecule has 1 aliphatic heterocycles. The smallest absolute Gasteiger partial charge is 0.244 e. The maximum Gasteiger partial charge on any atom is 0.244 e. The summed E-state index contributed by atoms with van der Waals surface area (Å²) in [4.78, 5) is 22.6. The van der Waals surface area contributed by atoms with E-state index in [1.54, 1.807) is 6.92 Å². The maximum absolute atomic E-state index is 11.6. The van der Waals surface area contributed by atoms with Gasteiger partial charge in [0.05, 0.1) is 11.5 Å². The molecule has 0 spiro atoms. The topological polar surface area (TPSA) is 92.3 Å². The lowest BCUT2D eigenvalue weighted by Gasteiger charge is -2.14. The van der Waals surface area contributed by atoms with Gasteiger partial charge in [0.15, 0.2) is 9.84 Å². The predicted molar refractivity (Wildman–Crippen MR) is 67.6 cm³/mol. The van der Waals surface area contributed by atoms with E-state index in [-0.39, 0.29) is 23.3 Å². The minimum absolute atomic E-state index is 0.0266. The van der Waals surface area contributed by atoms with Crippen LogP contribution in [0.1, 0.15) is 13.3 Å². The second-order valence-corrected chi connectivity index (χ2v) is 6.68. The molecule has 7 heteroatoms. The zero-order valence-electron chi connectivity index (χ0n) is 10.3. The molecule has 2 amide bonds. The Morgan fingerprint density at radius 2 is 2.17 bits per heavy atom. The third kappa shape index (κ3) is 4.48. The quantitative estimate of drug-likeness (QED) is 0.644. The SMILES string of the molecule is C=CC(=O)N[C@H](C)C(=O)NC[C@H]1CCS(=O)(=O)C1. The van der Waals surface area contributed by atoms with Crippen molar-refractivity contribution < 1.29 is 18.0 Å². The van der Waals surface area contributed by atoms with Gasteiger partial charge in [-0.1, -0.05) is 6.58 Å². The molecule has 1 rings (SSSR count). The van der Waals surface area contributed by atoms with Crippen LogP contribution in [0, 0.1) is 5.92 Å². The van der Waals surface area contributed by atoms with Crippen molar-refractivity contribution in [3.05, 3.63) is 12.7 Å². The van der Waals surface area contributed by atoms with Gasteiger partial charge in [-0.3, -0.25) is 9.59 Å². The lowest BCUT2D eigenvalue weighted by atomic mass is 10.1. The summed E-state index contributed by atoms with van der Waals surface area (Å²) >= 11 is 0. The summed E-state index contributed by atoms with van der Waals surface area (Å²) in [5.74, 6) is -0.450. The van der Waals surface area contributed by atoms with Crippen LogP contribution in [0.2, 0.25) is 0 Å². The summed E-state index contributed by atoms with van der Waals surface area (Å²) in [6.07, 6.45) is 1.67. The van der Waals surface area contributed by atoms with Crippen molar-refractivity contribution in [3.63, 3.8) is 0 Å². The van der Waals surface area contributed by atoms with Gasteiger partial charge in [-0.2, -0.15) is 0 Å². The van der Waals surface area contributed by atoms with Crippen LogP contribution in [0.5, 0.6) is 0 Å². The van der Waals surface area contributed by atoms with Crippen LogP contribution in [0.4, 0.5) is 0 Å². The minimum atomic E-state index is -2.92. The molecule has 102 valence electrons. The van der Waals surface area contributed by atoms with Gasteiger partial charge in [-0.05, 0) is 25.3 Å². The number of sulfone groups is 1. The highest BCUT2D eigenvalue weighted by molar-refractivity contribution is 7.91. The van der Waals surface area contributed by atoms with Gasteiger partial charge < -0.3 is 10.6 Å². The molecule has 1 fully saturated rings. The molecule has 0 aliphatic carbocycles. The summed E-state index contributed by atoms with van der Waals surface area (Å²) < 4.78 is 22.4. The number of amides is 2. The highest BCUT2D eigenvalue weighted by Crippen LogP contribution is 2.17. The third-order valence-electron chi connectivity index (χ3n) is 2.83. The summed E-state index contributed by atoms with van der Waals surface area (Å²) in [5, 5.41) is 5.07. The van der Waals surface area contributed by atoms with Crippen molar-refractivity contribution in [3.8, 4) is 0 Å². The minimum Gasteiger partial charge on any atom is -0.354 e. The van der Waals surface area contributed by atoms with Gasteiger partial charge in [0.1, 0.15) is 6.04 Å². The maximum atomic E-state index is 11.6. The number of carbonyl (C=O) groups excluding carboxylic acids is 2. The van der Waals surface area contributed by atoms with Crippen LogP contribution < -0.4 is 10.6 Å². The molecule has 0 aromatic rings. The molecule has 2 atom stereocenters. The molecule has 0 aromatic heterocycles. The number of carbonyl (C=O) groups is 2. The first-order valence-electron chi connectivity index (χ1n) is 5.75. The zero-order valence-corrected chi connectivity index (χ0v) is 11.1. The Hall–Kier alpha value is -1.37. The van der Waals surface area contributed by atoms with Crippen molar-refractivity contribution in [2.24, 2.45) is 5.92 Å². The Kier molecular flexibility index (Phi) is 4.89. The Balaban J connectivity index is 2.33. The summed E-state index contributed by atoms with van der Waals surface area (Å²) in [6.45, 7) is 5.17. The van der Waals surface area contributed by atoms with Gasteiger partial charge >= 0.3 is 0 Å². The third-order valence-corrected chi connectivity index (χ3v) is 4.67. The number of hydrogen-bond acceptors (Lipinski definition) is 4. The van der Waals surface area contributed by atoms with Crippen LogP contribution in [0.15, 0.2) is 12.7 Å². The molecule has 1 saturated heterocycles. The van der Waals surface area contributed by atoms with E-state index in [4.69, 9.17) is 0 Å². The van der Waals surface area contributed by atoms with Crippen LogP contribution in [-0.2, 0) is 19.4 Å². The van der Waals surface area contributed by atoms with Gasteiger partial charge in [-0.15, -0.1) is 0 Å². The first-order valence-corrected chi connectivity index (χ1v) is 7.57. The zero-order chi connectivity index (χ0) is 13.8. The molecule has 0 aromatic carbocycles. The fourth-order valence-electron chi connectivity index (χ4n) is 1.77. The number of nitrogens with one attached hydrogen (secondary N) is 2. The Morgan fingerprint density at radius 3 is 2.67 bits per heavy atom. The second kappa shape index (κ2) is 5.99.